The van der Waals surface area contributed by atoms with E-state index in [-0.39, 0.29) is 3.57 Å². The average molecular weight is 412 g/mol. The maximum Gasteiger partial charge on any atom is 0.417 e. The number of nitrogens with two attached hydrogens (primary N) is 1. The molecule has 0 saturated carbocycles. The number of anilines is 2. The summed E-state index contributed by atoms with van der Waals surface area (Å²) in [6.07, 6.45) is -3.06. The fraction of sp³-hybridized carbons (Fsp3) is 0.0909. The van der Waals surface area contributed by atoms with Crippen molar-refractivity contribution in [2.24, 2.45) is 5.10 Å². The number of nitrogens with zero attached hydrogens (tertiary/aromatic N) is 2. The summed E-state index contributed by atoms with van der Waals surface area (Å²) in [5.74, 6) is 0.362. The Morgan fingerprint density at radius 1 is 1.40 bits per heavy atom. The van der Waals surface area contributed by atoms with E-state index in [0.717, 1.165) is 6.07 Å². The molecule has 1 aromatic heterocycles. The zero-order valence-electron chi connectivity index (χ0n) is 9.78. The molecular weight excluding hydrogens is 404 g/mol. The van der Waals surface area contributed by atoms with Crippen molar-refractivity contribution < 1.29 is 13.2 Å². The monoisotopic (exact) mass is 412 g/mol. The SMILES string of the molecule is Nc1csc(NN=Cc2cccc(C(F)(F)F)c2I)n1. The van der Waals surface area contributed by atoms with E-state index in [1.807, 2.05) is 0 Å². The number of halogens is 4. The first kappa shape index (κ1) is 15.0. The molecule has 0 radical (unpaired) electrons. The highest BCUT2D eigenvalue weighted by molar-refractivity contribution is 14.1. The van der Waals surface area contributed by atoms with E-state index in [9.17, 15) is 13.2 Å². The van der Waals surface area contributed by atoms with Crippen molar-refractivity contribution in [3.63, 3.8) is 0 Å². The van der Waals surface area contributed by atoms with Gasteiger partial charge in [0.2, 0.25) is 5.13 Å². The number of nitrogen functional groups attached to an aromatic ring is 1. The second-order valence-electron chi connectivity index (χ2n) is 3.65. The first-order chi connectivity index (χ1) is 9.38. The van der Waals surface area contributed by atoms with Crippen molar-refractivity contribution >= 4 is 51.1 Å². The molecule has 0 aliphatic rings. The average Bonchev–Trinajstić information content (AvgIpc) is 2.76. The van der Waals surface area contributed by atoms with Gasteiger partial charge in [-0.1, -0.05) is 12.1 Å². The lowest BCUT2D eigenvalue weighted by Gasteiger charge is -2.10. The molecule has 0 aliphatic heterocycles. The lowest BCUT2D eigenvalue weighted by Crippen LogP contribution is -2.09. The molecule has 2 rings (SSSR count). The molecule has 1 aromatic carbocycles. The maximum absolute atomic E-state index is 12.7. The summed E-state index contributed by atoms with van der Waals surface area (Å²) in [4.78, 5) is 3.91. The third-order valence-corrected chi connectivity index (χ3v) is 4.19. The van der Waals surface area contributed by atoms with E-state index in [4.69, 9.17) is 5.73 Å². The molecular formula is C11H8F3IN4S. The summed E-state index contributed by atoms with van der Waals surface area (Å²) >= 11 is 2.91. The van der Waals surface area contributed by atoms with Crippen LogP contribution >= 0.6 is 33.9 Å². The molecule has 4 nitrogen and oxygen atoms in total. The standard InChI is InChI=1S/C11H8F3IN4S/c12-11(13,14)7-3-1-2-6(9(7)15)4-17-19-10-18-8(16)5-20-10/h1-5H,16H2,(H,18,19). The van der Waals surface area contributed by atoms with Crippen LogP contribution < -0.4 is 11.2 Å². The molecule has 0 amide bonds. The largest absolute Gasteiger partial charge is 0.417 e. The molecule has 0 fully saturated rings. The van der Waals surface area contributed by atoms with Crippen molar-refractivity contribution in [3.05, 3.63) is 38.3 Å². The van der Waals surface area contributed by atoms with Crippen LogP contribution in [-0.2, 0) is 6.18 Å². The fourth-order valence-corrected chi connectivity index (χ4v) is 2.72. The first-order valence-corrected chi connectivity index (χ1v) is 7.19. The Balaban J connectivity index is 2.17. The van der Waals surface area contributed by atoms with Crippen LogP contribution in [0.4, 0.5) is 24.1 Å². The Hall–Kier alpha value is -1.36. The van der Waals surface area contributed by atoms with Crippen molar-refractivity contribution in [1.82, 2.24) is 4.98 Å². The van der Waals surface area contributed by atoms with Crippen LogP contribution in [0, 0.1) is 3.57 Å². The summed E-state index contributed by atoms with van der Waals surface area (Å²) in [5.41, 5.74) is 7.74. The van der Waals surface area contributed by atoms with Gasteiger partial charge in [0.05, 0.1) is 11.8 Å². The highest BCUT2D eigenvalue weighted by Gasteiger charge is 2.33. The van der Waals surface area contributed by atoms with E-state index in [2.05, 4.69) is 15.5 Å². The smallest absolute Gasteiger partial charge is 0.383 e. The molecule has 9 heteroatoms. The molecule has 0 aliphatic carbocycles. The van der Waals surface area contributed by atoms with Gasteiger partial charge in [-0.3, -0.25) is 5.43 Å². The van der Waals surface area contributed by atoms with E-state index >= 15 is 0 Å². The van der Waals surface area contributed by atoms with Gasteiger partial charge in [0.25, 0.3) is 0 Å². The van der Waals surface area contributed by atoms with Gasteiger partial charge in [0, 0.05) is 14.5 Å². The zero-order chi connectivity index (χ0) is 14.8. The predicted molar refractivity (Wildman–Crippen MR) is 81.9 cm³/mol. The number of hydrazone groups is 1. The summed E-state index contributed by atoms with van der Waals surface area (Å²) in [6, 6.07) is 3.93. The van der Waals surface area contributed by atoms with Crippen LogP contribution in [-0.4, -0.2) is 11.2 Å². The molecule has 0 bridgehead atoms. The predicted octanol–water partition coefficient (Wildman–Crippen LogP) is 3.79. The van der Waals surface area contributed by atoms with Gasteiger partial charge in [-0.05, 0) is 28.7 Å². The number of nitrogens with one attached hydrogen (secondary N) is 1. The Morgan fingerprint density at radius 2 is 2.15 bits per heavy atom. The number of aromatic nitrogens is 1. The minimum atomic E-state index is -4.38. The summed E-state index contributed by atoms with van der Waals surface area (Å²) in [5, 5.41) is 5.96. The van der Waals surface area contributed by atoms with Gasteiger partial charge in [0.1, 0.15) is 5.82 Å². The molecule has 1 heterocycles. The van der Waals surface area contributed by atoms with E-state index < -0.39 is 11.7 Å². The van der Waals surface area contributed by atoms with Crippen molar-refractivity contribution in [1.29, 1.82) is 0 Å². The number of thiazole rings is 1. The summed E-state index contributed by atoms with van der Waals surface area (Å²) in [6.45, 7) is 0. The number of hydrogen-bond donors (Lipinski definition) is 2. The normalized spacial score (nSPS) is 12.0. The van der Waals surface area contributed by atoms with Crippen LogP contribution in [0.1, 0.15) is 11.1 Å². The van der Waals surface area contributed by atoms with Gasteiger partial charge in [-0.2, -0.15) is 18.3 Å². The van der Waals surface area contributed by atoms with Gasteiger partial charge in [-0.25, -0.2) is 4.98 Å². The van der Waals surface area contributed by atoms with Crippen LogP contribution in [0.5, 0.6) is 0 Å². The molecule has 106 valence electrons. The van der Waals surface area contributed by atoms with E-state index in [1.54, 1.807) is 34.0 Å². The van der Waals surface area contributed by atoms with Crippen LogP contribution in [0.2, 0.25) is 0 Å². The summed E-state index contributed by atoms with van der Waals surface area (Å²) in [7, 11) is 0. The third kappa shape index (κ3) is 3.60. The highest BCUT2D eigenvalue weighted by Crippen LogP contribution is 2.33. The van der Waals surface area contributed by atoms with Crippen molar-refractivity contribution in [2.75, 3.05) is 11.2 Å². The molecule has 20 heavy (non-hydrogen) atoms. The van der Waals surface area contributed by atoms with Gasteiger partial charge in [0.15, 0.2) is 0 Å². The minimum Gasteiger partial charge on any atom is -0.383 e. The Bertz CT molecular complexity index is 639. The van der Waals surface area contributed by atoms with Gasteiger partial charge >= 0.3 is 6.18 Å². The Morgan fingerprint density at radius 3 is 2.75 bits per heavy atom. The van der Waals surface area contributed by atoms with Crippen LogP contribution in [0.3, 0.4) is 0 Å². The number of benzene rings is 1. The minimum absolute atomic E-state index is 0.0989. The first-order valence-electron chi connectivity index (χ1n) is 5.23. The van der Waals surface area contributed by atoms with Crippen molar-refractivity contribution in [2.45, 2.75) is 6.18 Å². The lowest BCUT2D eigenvalue weighted by atomic mass is 10.1. The zero-order valence-corrected chi connectivity index (χ0v) is 12.8. The fourth-order valence-electron chi connectivity index (χ4n) is 1.36. The molecule has 0 unspecified atom stereocenters. The molecule has 2 aromatic rings. The maximum atomic E-state index is 12.7. The molecule has 0 atom stereocenters. The Kier molecular flexibility index (Phi) is 4.48. The van der Waals surface area contributed by atoms with E-state index in [1.165, 1.54) is 23.6 Å². The van der Waals surface area contributed by atoms with Crippen LogP contribution in [0.25, 0.3) is 0 Å². The Labute approximate surface area is 130 Å². The quantitative estimate of drug-likeness (QED) is 0.458. The molecule has 0 spiro atoms. The van der Waals surface area contributed by atoms with Crippen LogP contribution in [0.15, 0.2) is 28.7 Å². The second-order valence-corrected chi connectivity index (χ2v) is 5.59. The topological polar surface area (TPSA) is 63.3 Å². The molecule has 3 N–H and O–H groups in total. The number of rotatable bonds is 3. The van der Waals surface area contributed by atoms with E-state index in [0.29, 0.717) is 16.5 Å². The van der Waals surface area contributed by atoms with Gasteiger partial charge < -0.3 is 5.73 Å². The third-order valence-electron chi connectivity index (χ3n) is 2.22. The molecule has 0 saturated heterocycles. The summed E-state index contributed by atoms with van der Waals surface area (Å²) < 4.78 is 38.3. The lowest BCUT2D eigenvalue weighted by molar-refractivity contribution is -0.138. The van der Waals surface area contributed by atoms with Gasteiger partial charge in [-0.15, -0.1) is 11.3 Å². The number of hydrogen-bond acceptors (Lipinski definition) is 5. The van der Waals surface area contributed by atoms with Crippen molar-refractivity contribution in [3.8, 4) is 0 Å². The highest BCUT2D eigenvalue weighted by atomic mass is 127. The second kappa shape index (κ2) is 5.95. The number of alkyl halides is 3.